The molecule has 1 aliphatic rings. The number of hydrogen-bond donors (Lipinski definition) is 1. The van der Waals surface area contributed by atoms with Crippen molar-refractivity contribution < 1.29 is 9.53 Å². The summed E-state index contributed by atoms with van der Waals surface area (Å²) in [6, 6.07) is 4.02. The molecule has 3 rings (SSSR count). The molecule has 18 heavy (non-hydrogen) atoms. The van der Waals surface area contributed by atoms with Crippen LogP contribution in [0.4, 0.5) is 0 Å². The molecular formula is C12H14N4O2. The third kappa shape index (κ3) is 2.06. The summed E-state index contributed by atoms with van der Waals surface area (Å²) in [5.41, 5.74) is 1.14. The van der Waals surface area contributed by atoms with Gasteiger partial charge in [0.2, 0.25) is 0 Å². The zero-order valence-electron chi connectivity index (χ0n) is 10.1. The van der Waals surface area contributed by atoms with Crippen LogP contribution < -0.4 is 5.32 Å². The van der Waals surface area contributed by atoms with Crippen molar-refractivity contribution in [3.05, 3.63) is 29.7 Å². The topological polar surface area (TPSA) is 68.5 Å². The highest BCUT2D eigenvalue weighted by atomic mass is 16.5. The molecule has 1 aliphatic carbocycles. The number of aromatic nitrogens is 3. The van der Waals surface area contributed by atoms with Crippen molar-refractivity contribution in [1.82, 2.24) is 19.9 Å². The van der Waals surface area contributed by atoms with E-state index in [2.05, 4.69) is 20.3 Å². The molecule has 1 saturated carbocycles. The largest absolute Gasteiger partial charge is 0.465 e. The minimum Gasteiger partial charge on any atom is -0.465 e. The number of pyridine rings is 1. The van der Waals surface area contributed by atoms with E-state index in [-0.39, 0.29) is 5.97 Å². The highest BCUT2D eigenvalue weighted by Gasteiger charge is 2.21. The standard InChI is InChI=1S/C12H14N4O2/c1-18-12(17)8-4-5-16-10(6-8)14-15-11(16)7-13-9-2-3-9/h4-6,9,13H,2-3,7H2,1H3. The normalized spacial score (nSPS) is 14.9. The lowest BCUT2D eigenvalue weighted by Gasteiger charge is -2.02. The van der Waals surface area contributed by atoms with Crippen molar-refractivity contribution in [1.29, 1.82) is 0 Å². The number of nitrogens with zero attached hydrogens (tertiary/aromatic N) is 3. The second kappa shape index (κ2) is 4.38. The van der Waals surface area contributed by atoms with E-state index in [1.807, 2.05) is 4.40 Å². The van der Waals surface area contributed by atoms with Gasteiger partial charge in [0.15, 0.2) is 11.5 Å². The van der Waals surface area contributed by atoms with Crippen molar-refractivity contribution in [2.45, 2.75) is 25.4 Å². The quantitative estimate of drug-likeness (QED) is 0.807. The van der Waals surface area contributed by atoms with E-state index in [9.17, 15) is 4.79 Å². The van der Waals surface area contributed by atoms with E-state index in [1.54, 1.807) is 18.3 Å². The Labute approximate surface area is 104 Å². The lowest BCUT2D eigenvalue weighted by Crippen LogP contribution is -2.17. The van der Waals surface area contributed by atoms with Crippen LogP contribution in [0.5, 0.6) is 0 Å². The van der Waals surface area contributed by atoms with Crippen molar-refractivity contribution in [3.8, 4) is 0 Å². The van der Waals surface area contributed by atoms with Gasteiger partial charge >= 0.3 is 5.97 Å². The van der Waals surface area contributed by atoms with Crippen LogP contribution in [0.15, 0.2) is 18.3 Å². The summed E-state index contributed by atoms with van der Waals surface area (Å²) in [5.74, 6) is 0.492. The van der Waals surface area contributed by atoms with Gasteiger partial charge in [0, 0.05) is 12.2 Å². The van der Waals surface area contributed by atoms with E-state index >= 15 is 0 Å². The fourth-order valence-corrected chi connectivity index (χ4v) is 1.83. The summed E-state index contributed by atoms with van der Waals surface area (Å²) in [4.78, 5) is 11.4. The molecule has 94 valence electrons. The first-order valence-corrected chi connectivity index (χ1v) is 5.93. The minimum atomic E-state index is -0.363. The third-order valence-electron chi connectivity index (χ3n) is 3.03. The van der Waals surface area contributed by atoms with Gasteiger partial charge in [-0.1, -0.05) is 0 Å². The van der Waals surface area contributed by atoms with Crippen LogP contribution in [0.1, 0.15) is 29.0 Å². The Hall–Kier alpha value is -1.95. The maximum atomic E-state index is 11.4. The van der Waals surface area contributed by atoms with Gasteiger partial charge in [0.1, 0.15) is 0 Å². The van der Waals surface area contributed by atoms with Gasteiger partial charge in [-0.3, -0.25) is 4.40 Å². The Balaban J connectivity index is 1.86. The molecule has 0 unspecified atom stereocenters. The number of nitrogens with one attached hydrogen (secondary N) is 1. The van der Waals surface area contributed by atoms with E-state index in [0.29, 0.717) is 23.8 Å². The van der Waals surface area contributed by atoms with E-state index < -0.39 is 0 Å². The zero-order valence-corrected chi connectivity index (χ0v) is 10.1. The molecule has 6 heteroatoms. The van der Waals surface area contributed by atoms with Gasteiger partial charge in [0.25, 0.3) is 0 Å². The summed E-state index contributed by atoms with van der Waals surface area (Å²) in [6.07, 6.45) is 4.28. The van der Waals surface area contributed by atoms with Crippen LogP contribution >= 0.6 is 0 Å². The number of ether oxygens (including phenoxy) is 1. The monoisotopic (exact) mass is 246 g/mol. The molecule has 1 N–H and O–H groups in total. The molecule has 2 aromatic rings. The number of hydrogen-bond acceptors (Lipinski definition) is 5. The number of methoxy groups -OCH3 is 1. The number of carbonyl (C=O) groups excluding carboxylic acids is 1. The number of carbonyl (C=O) groups is 1. The van der Waals surface area contributed by atoms with E-state index in [4.69, 9.17) is 0 Å². The van der Waals surface area contributed by atoms with Crippen LogP contribution in [-0.4, -0.2) is 33.7 Å². The van der Waals surface area contributed by atoms with Crippen molar-refractivity contribution in [2.24, 2.45) is 0 Å². The number of fused-ring (bicyclic) bond motifs is 1. The average molecular weight is 246 g/mol. The Morgan fingerprint density at radius 3 is 3.11 bits per heavy atom. The lowest BCUT2D eigenvalue weighted by molar-refractivity contribution is 0.0600. The lowest BCUT2D eigenvalue weighted by atomic mass is 10.2. The smallest absolute Gasteiger partial charge is 0.338 e. The molecule has 0 amide bonds. The van der Waals surface area contributed by atoms with Crippen LogP contribution in [0.25, 0.3) is 5.65 Å². The maximum absolute atomic E-state index is 11.4. The van der Waals surface area contributed by atoms with Gasteiger partial charge in [0.05, 0.1) is 19.2 Å². The SMILES string of the molecule is COC(=O)c1ccn2c(CNC3CC3)nnc2c1. The molecule has 6 nitrogen and oxygen atoms in total. The van der Waals surface area contributed by atoms with Crippen LogP contribution in [-0.2, 0) is 11.3 Å². The Morgan fingerprint density at radius 2 is 2.39 bits per heavy atom. The molecule has 0 spiro atoms. The third-order valence-corrected chi connectivity index (χ3v) is 3.03. The van der Waals surface area contributed by atoms with Gasteiger partial charge in [-0.2, -0.15) is 0 Å². The second-order valence-corrected chi connectivity index (χ2v) is 4.41. The van der Waals surface area contributed by atoms with Crippen molar-refractivity contribution in [2.75, 3.05) is 7.11 Å². The molecule has 0 bridgehead atoms. The molecule has 0 aromatic carbocycles. The summed E-state index contributed by atoms with van der Waals surface area (Å²) in [7, 11) is 1.36. The molecule has 1 fully saturated rings. The summed E-state index contributed by atoms with van der Waals surface area (Å²) < 4.78 is 6.55. The molecular weight excluding hydrogens is 232 g/mol. The first kappa shape index (κ1) is 11.2. The zero-order chi connectivity index (χ0) is 12.5. The van der Waals surface area contributed by atoms with Gasteiger partial charge in [-0.25, -0.2) is 4.79 Å². The molecule has 2 aromatic heterocycles. The molecule has 2 heterocycles. The molecule has 0 atom stereocenters. The van der Waals surface area contributed by atoms with Crippen LogP contribution in [0, 0.1) is 0 Å². The molecule has 0 saturated heterocycles. The van der Waals surface area contributed by atoms with Gasteiger partial charge in [-0.05, 0) is 25.0 Å². The fraction of sp³-hybridized carbons (Fsp3) is 0.417. The molecule has 0 radical (unpaired) electrons. The number of rotatable bonds is 4. The Morgan fingerprint density at radius 1 is 1.56 bits per heavy atom. The fourth-order valence-electron chi connectivity index (χ4n) is 1.83. The highest BCUT2D eigenvalue weighted by Crippen LogP contribution is 2.19. The second-order valence-electron chi connectivity index (χ2n) is 4.41. The first-order valence-electron chi connectivity index (χ1n) is 5.93. The van der Waals surface area contributed by atoms with Crippen LogP contribution in [0.2, 0.25) is 0 Å². The summed E-state index contributed by atoms with van der Waals surface area (Å²) >= 11 is 0. The minimum absolute atomic E-state index is 0.363. The molecule has 0 aliphatic heterocycles. The first-order chi connectivity index (χ1) is 8.78. The Kier molecular flexibility index (Phi) is 2.71. The number of esters is 1. The van der Waals surface area contributed by atoms with Gasteiger partial charge < -0.3 is 10.1 Å². The average Bonchev–Trinajstić information content (AvgIpc) is 3.15. The summed E-state index contributed by atoms with van der Waals surface area (Å²) in [6.45, 7) is 0.698. The summed E-state index contributed by atoms with van der Waals surface area (Å²) in [5, 5.41) is 11.6. The van der Waals surface area contributed by atoms with E-state index in [0.717, 1.165) is 5.82 Å². The Bertz CT molecular complexity index is 589. The van der Waals surface area contributed by atoms with Gasteiger partial charge in [-0.15, -0.1) is 10.2 Å². The maximum Gasteiger partial charge on any atom is 0.338 e. The predicted molar refractivity (Wildman–Crippen MR) is 64.2 cm³/mol. The van der Waals surface area contributed by atoms with E-state index in [1.165, 1.54) is 20.0 Å². The highest BCUT2D eigenvalue weighted by molar-refractivity contribution is 5.90. The van der Waals surface area contributed by atoms with Crippen LogP contribution in [0.3, 0.4) is 0 Å². The predicted octanol–water partition coefficient (Wildman–Crippen LogP) is 0.768. The van der Waals surface area contributed by atoms with Crippen molar-refractivity contribution in [3.63, 3.8) is 0 Å². The van der Waals surface area contributed by atoms with Crippen molar-refractivity contribution >= 4 is 11.6 Å².